The molecule has 0 bridgehead atoms. The van der Waals surface area contributed by atoms with E-state index in [1.54, 1.807) is 13.1 Å². The molecule has 22 heavy (non-hydrogen) atoms. The normalized spacial score (nSPS) is 27.5. The minimum Gasteiger partial charge on any atom is -0.345 e. The molecule has 0 aliphatic carbocycles. The van der Waals surface area contributed by atoms with Gasteiger partial charge in [0.05, 0.1) is 12.0 Å². The molecule has 1 aromatic heterocycles. The Hall–Kier alpha value is -2.12. The van der Waals surface area contributed by atoms with E-state index in [0.29, 0.717) is 13.0 Å². The Labute approximate surface area is 126 Å². The summed E-state index contributed by atoms with van der Waals surface area (Å²) in [4.78, 5) is 34.7. The Bertz CT molecular complexity index is 610. The number of hydrogen-bond acceptors (Lipinski definition) is 4. The lowest BCUT2D eigenvalue weighted by Crippen LogP contribution is -2.57. The highest BCUT2D eigenvalue weighted by atomic mass is 19.3. The van der Waals surface area contributed by atoms with E-state index in [9.17, 15) is 18.4 Å². The van der Waals surface area contributed by atoms with Crippen LogP contribution in [0.1, 0.15) is 23.5 Å². The van der Waals surface area contributed by atoms with E-state index in [1.807, 2.05) is 0 Å². The third-order valence-electron chi connectivity index (χ3n) is 4.28. The van der Waals surface area contributed by atoms with Crippen molar-refractivity contribution < 1.29 is 18.4 Å². The van der Waals surface area contributed by atoms with Gasteiger partial charge in [-0.1, -0.05) is 0 Å². The van der Waals surface area contributed by atoms with Gasteiger partial charge in [-0.2, -0.15) is 0 Å². The Morgan fingerprint density at radius 3 is 2.55 bits per heavy atom. The van der Waals surface area contributed by atoms with Gasteiger partial charge in [0.2, 0.25) is 11.7 Å². The van der Waals surface area contributed by atoms with Gasteiger partial charge in [0.1, 0.15) is 0 Å². The first-order valence-electron chi connectivity index (χ1n) is 7.03. The molecule has 2 amide bonds. The van der Waals surface area contributed by atoms with E-state index < -0.39 is 30.2 Å². The van der Waals surface area contributed by atoms with Gasteiger partial charge >= 0.3 is 0 Å². The average Bonchev–Trinajstić information content (AvgIpc) is 2.74. The number of nitrogens with zero attached hydrogens (tertiary/aromatic N) is 4. The standard InChI is InChI=1S/C14H16F2N4O2/c1-19-6-3-13(12(19)22)7-14(15,16)9-20(8-13)11(21)10-17-4-2-5-18-10/h2,4-5H,3,6-9H2,1H3/t13-/m0/s1. The number of alkyl halides is 2. The van der Waals surface area contributed by atoms with Crippen molar-refractivity contribution in [2.45, 2.75) is 18.8 Å². The van der Waals surface area contributed by atoms with E-state index in [1.165, 1.54) is 17.3 Å². The maximum atomic E-state index is 14.1. The first-order valence-corrected chi connectivity index (χ1v) is 7.03. The zero-order chi connectivity index (χ0) is 16.0. The molecule has 0 unspecified atom stereocenters. The number of amides is 2. The van der Waals surface area contributed by atoms with Crippen molar-refractivity contribution in [2.24, 2.45) is 5.41 Å². The monoisotopic (exact) mass is 310 g/mol. The summed E-state index contributed by atoms with van der Waals surface area (Å²) in [5, 5.41) is 0. The second-order valence-electron chi connectivity index (χ2n) is 6.02. The van der Waals surface area contributed by atoms with Crippen molar-refractivity contribution in [3.63, 3.8) is 0 Å². The molecule has 1 spiro atoms. The number of piperidine rings is 1. The lowest BCUT2D eigenvalue weighted by molar-refractivity contribution is -0.150. The lowest BCUT2D eigenvalue weighted by atomic mass is 9.77. The summed E-state index contributed by atoms with van der Waals surface area (Å²) in [7, 11) is 1.59. The van der Waals surface area contributed by atoms with Crippen LogP contribution in [0.2, 0.25) is 0 Å². The van der Waals surface area contributed by atoms with Crippen molar-refractivity contribution in [2.75, 3.05) is 26.7 Å². The zero-order valence-corrected chi connectivity index (χ0v) is 12.1. The summed E-state index contributed by atoms with van der Waals surface area (Å²) < 4.78 is 28.2. The van der Waals surface area contributed by atoms with Gasteiger partial charge in [-0.25, -0.2) is 18.7 Å². The molecular formula is C14H16F2N4O2. The first-order chi connectivity index (χ1) is 10.3. The van der Waals surface area contributed by atoms with Crippen molar-refractivity contribution in [3.05, 3.63) is 24.3 Å². The number of rotatable bonds is 1. The second kappa shape index (κ2) is 4.96. The highest BCUT2D eigenvalue weighted by Gasteiger charge is 2.57. The molecule has 1 atom stereocenters. The molecule has 2 aliphatic rings. The van der Waals surface area contributed by atoms with E-state index >= 15 is 0 Å². The predicted molar refractivity (Wildman–Crippen MR) is 72.2 cm³/mol. The van der Waals surface area contributed by atoms with Gasteiger partial charge in [0, 0.05) is 39.0 Å². The minimum atomic E-state index is -3.09. The van der Waals surface area contributed by atoms with Crippen LogP contribution >= 0.6 is 0 Å². The Balaban J connectivity index is 1.90. The van der Waals surface area contributed by atoms with Crippen LogP contribution in [0.3, 0.4) is 0 Å². The van der Waals surface area contributed by atoms with E-state index in [0.717, 1.165) is 4.90 Å². The summed E-state index contributed by atoms with van der Waals surface area (Å²) in [6.45, 7) is -0.287. The van der Waals surface area contributed by atoms with Crippen LogP contribution in [-0.4, -0.2) is 64.2 Å². The fourth-order valence-corrected chi connectivity index (χ4v) is 3.31. The van der Waals surface area contributed by atoms with Gasteiger partial charge in [-0.3, -0.25) is 9.59 Å². The van der Waals surface area contributed by atoms with Crippen LogP contribution in [-0.2, 0) is 4.79 Å². The third kappa shape index (κ3) is 2.42. The summed E-state index contributed by atoms with van der Waals surface area (Å²) >= 11 is 0. The van der Waals surface area contributed by atoms with E-state index in [2.05, 4.69) is 9.97 Å². The Kier molecular flexibility index (Phi) is 3.34. The van der Waals surface area contributed by atoms with Crippen LogP contribution in [0.4, 0.5) is 8.78 Å². The van der Waals surface area contributed by atoms with E-state index in [-0.39, 0.29) is 18.3 Å². The SMILES string of the molecule is CN1CC[C@]2(CN(C(=O)c3ncccn3)CC(F)(F)C2)C1=O. The fourth-order valence-electron chi connectivity index (χ4n) is 3.31. The van der Waals surface area contributed by atoms with Crippen molar-refractivity contribution in [3.8, 4) is 0 Å². The fraction of sp³-hybridized carbons (Fsp3) is 0.571. The number of carbonyl (C=O) groups excluding carboxylic acids is 2. The highest BCUT2D eigenvalue weighted by molar-refractivity contribution is 5.92. The molecule has 1 aromatic rings. The van der Waals surface area contributed by atoms with Gasteiger partial charge < -0.3 is 9.80 Å². The van der Waals surface area contributed by atoms with Crippen LogP contribution in [0.25, 0.3) is 0 Å². The van der Waals surface area contributed by atoms with Gasteiger partial charge in [0.25, 0.3) is 11.8 Å². The maximum absolute atomic E-state index is 14.1. The minimum absolute atomic E-state index is 0.0111. The molecule has 3 rings (SSSR count). The quantitative estimate of drug-likeness (QED) is 0.770. The van der Waals surface area contributed by atoms with Crippen LogP contribution < -0.4 is 0 Å². The Morgan fingerprint density at radius 2 is 1.95 bits per heavy atom. The van der Waals surface area contributed by atoms with Crippen molar-refractivity contribution in [1.82, 2.24) is 19.8 Å². The number of aromatic nitrogens is 2. The molecule has 0 saturated carbocycles. The average molecular weight is 310 g/mol. The van der Waals surface area contributed by atoms with Crippen LogP contribution in [0.5, 0.6) is 0 Å². The third-order valence-corrected chi connectivity index (χ3v) is 4.28. The molecule has 0 radical (unpaired) electrons. The predicted octanol–water partition coefficient (Wildman–Crippen LogP) is 0.806. The van der Waals surface area contributed by atoms with Crippen molar-refractivity contribution in [1.29, 1.82) is 0 Å². The summed E-state index contributed by atoms with van der Waals surface area (Å²) in [5.74, 6) is -4.21. The largest absolute Gasteiger partial charge is 0.345 e. The molecule has 118 valence electrons. The second-order valence-corrected chi connectivity index (χ2v) is 6.02. The van der Waals surface area contributed by atoms with Crippen LogP contribution in [0.15, 0.2) is 18.5 Å². The number of likely N-dealkylation sites (tertiary alicyclic amines) is 2. The molecule has 0 N–H and O–H groups in total. The highest BCUT2D eigenvalue weighted by Crippen LogP contribution is 2.45. The number of hydrogen-bond donors (Lipinski definition) is 0. The van der Waals surface area contributed by atoms with Crippen molar-refractivity contribution >= 4 is 11.8 Å². The maximum Gasteiger partial charge on any atom is 0.291 e. The smallest absolute Gasteiger partial charge is 0.291 e. The summed E-state index contributed by atoms with van der Waals surface area (Å²) in [6, 6.07) is 1.54. The first kappa shape index (κ1) is 14.8. The number of carbonyl (C=O) groups is 2. The van der Waals surface area contributed by atoms with Gasteiger partial charge in [-0.05, 0) is 12.5 Å². The molecule has 6 nitrogen and oxygen atoms in total. The molecule has 2 saturated heterocycles. The lowest BCUT2D eigenvalue weighted by Gasteiger charge is -2.42. The van der Waals surface area contributed by atoms with Gasteiger partial charge in [0.15, 0.2) is 0 Å². The molecule has 2 aliphatic heterocycles. The van der Waals surface area contributed by atoms with Crippen LogP contribution in [0, 0.1) is 5.41 Å². The zero-order valence-electron chi connectivity index (χ0n) is 12.1. The number of halogens is 2. The van der Waals surface area contributed by atoms with Gasteiger partial charge in [-0.15, -0.1) is 0 Å². The Morgan fingerprint density at radius 1 is 1.27 bits per heavy atom. The topological polar surface area (TPSA) is 66.4 Å². The molecule has 2 fully saturated rings. The molecule has 3 heterocycles. The summed E-state index contributed by atoms with van der Waals surface area (Å²) in [6.07, 6.45) is 2.58. The van der Waals surface area contributed by atoms with E-state index in [4.69, 9.17) is 0 Å². The molecular weight excluding hydrogens is 294 g/mol. The molecule has 8 heteroatoms. The summed E-state index contributed by atoms with van der Waals surface area (Å²) in [5.41, 5.74) is -1.19. The molecule has 0 aromatic carbocycles.